The van der Waals surface area contributed by atoms with Crippen molar-refractivity contribution >= 4 is 11.8 Å². The lowest BCUT2D eigenvalue weighted by atomic mass is 9.89. The summed E-state index contributed by atoms with van der Waals surface area (Å²) < 4.78 is 12.5. The number of piperidine rings is 1. The van der Waals surface area contributed by atoms with Crippen LogP contribution in [0.15, 0.2) is 42.5 Å². The van der Waals surface area contributed by atoms with Crippen molar-refractivity contribution in [3.63, 3.8) is 0 Å². The van der Waals surface area contributed by atoms with E-state index in [9.17, 15) is 4.79 Å². The van der Waals surface area contributed by atoms with Gasteiger partial charge in [0.25, 0.3) is 0 Å². The third-order valence-corrected chi connectivity index (χ3v) is 7.89. The van der Waals surface area contributed by atoms with Gasteiger partial charge in [0.1, 0.15) is 17.0 Å². The number of hydrogen-bond donors (Lipinski definition) is 0. The van der Waals surface area contributed by atoms with Crippen LogP contribution in [0.5, 0.6) is 5.75 Å². The molecule has 3 aliphatic heterocycles. The number of carbonyl (C=O) groups is 1. The highest BCUT2D eigenvalue weighted by Gasteiger charge is 2.47. The van der Waals surface area contributed by atoms with Crippen molar-refractivity contribution in [2.24, 2.45) is 0 Å². The summed E-state index contributed by atoms with van der Waals surface area (Å²) in [5, 5.41) is 0. The molecule has 1 saturated carbocycles. The number of ether oxygens (including phenoxy) is 2. The normalized spacial score (nSPS) is 23.8. The minimum Gasteiger partial charge on any atom is -0.487 e. The molecule has 1 spiro atoms. The van der Waals surface area contributed by atoms with Crippen molar-refractivity contribution in [3.05, 3.63) is 59.2 Å². The molecule has 0 aromatic heterocycles. The molecule has 5 nitrogen and oxygen atoms in total. The molecular weight excluding hydrogens is 412 g/mol. The van der Waals surface area contributed by atoms with Crippen molar-refractivity contribution in [1.29, 1.82) is 0 Å². The molecular formula is C28H34N2O3. The molecule has 0 radical (unpaired) electrons. The number of carbonyl (C=O) groups excluding carboxylic acids is 1. The smallest absolute Gasteiger partial charge is 0.415 e. The van der Waals surface area contributed by atoms with E-state index in [0.29, 0.717) is 6.54 Å². The molecule has 1 aliphatic carbocycles. The minimum absolute atomic E-state index is 0.103. The van der Waals surface area contributed by atoms with E-state index >= 15 is 0 Å². The van der Waals surface area contributed by atoms with E-state index in [-0.39, 0.29) is 17.3 Å². The van der Waals surface area contributed by atoms with E-state index in [4.69, 9.17) is 9.47 Å². The minimum atomic E-state index is -0.364. The van der Waals surface area contributed by atoms with Crippen molar-refractivity contribution < 1.29 is 14.3 Å². The van der Waals surface area contributed by atoms with Crippen LogP contribution in [0.4, 0.5) is 10.5 Å². The highest BCUT2D eigenvalue weighted by atomic mass is 16.6. The Labute approximate surface area is 196 Å². The number of amides is 1. The average Bonchev–Trinajstić information content (AvgIpc) is 3.60. The monoisotopic (exact) mass is 446 g/mol. The Morgan fingerprint density at radius 1 is 1.00 bits per heavy atom. The maximum Gasteiger partial charge on any atom is 0.415 e. The number of fused-ring (bicyclic) bond motifs is 1. The van der Waals surface area contributed by atoms with Gasteiger partial charge in [0.15, 0.2) is 0 Å². The summed E-state index contributed by atoms with van der Waals surface area (Å²) >= 11 is 0. The van der Waals surface area contributed by atoms with Gasteiger partial charge in [-0.05, 0) is 68.7 Å². The van der Waals surface area contributed by atoms with E-state index in [2.05, 4.69) is 30.9 Å². The number of aryl methyl sites for hydroxylation is 1. The van der Waals surface area contributed by atoms with Crippen LogP contribution >= 0.6 is 0 Å². The Kier molecular flexibility index (Phi) is 4.95. The van der Waals surface area contributed by atoms with Crippen molar-refractivity contribution in [2.45, 2.75) is 76.0 Å². The maximum atomic E-state index is 12.6. The van der Waals surface area contributed by atoms with Crippen LogP contribution in [0.3, 0.4) is 0 Å². The van der Waals surface area contributed by atoms with Crippen LogP contribution in [0.2, 0.25) is 0 Å². The van der Waals surface area contributed by atoms with Crippen LogP contribution < -0.4 is 9.64 Å². The summed E-state index contributed by atoms with van der Waals surface area (Å²) in [6, 6.07) is 14.7. The fourth-order valence-electron chi connectivity index (χ4n) is 5.68. The number of anilines is 1. The highest BCUT2D eigenvalue weighted by Crippen LogP contribution is 2.45. The highest BCUT2D eigenvalue weighted by molar-refractivity contribution is 5.90. The molecule has 5 heteroatoms. The van der Waals surface area contributed by atoms with Crippen molar-refractivity contribution in [2.75, 3.05) is 24.5 Å². The van der Waals surface area contributed by atoms with Gasteiger partial charge < -0.3 is 9.47 Å². The van der Waals surface area contributed by atoms with Gasteiger partial charge in [-0.25, -0.2) is 4.79 Å². The van der Waals surface area contributed by atoms with E-state index < -0.39 is 0 Å². The molecule has 3 heterocycles. The number of hydrogen-bond acceptors (Lipinski definition) is 4. The molecule has 0 unspecified atom stereocenters. The van der Waals surface area contributed by atoms with Gasteiger partial charge in [-0.2, -0.15) is 0 Å². The third kappa shape index (κ3) is 4.12. The van der Waals surface area contributed by atoms with E-state index in [1.807, 2.05) is 30.3 Å². The Morgan fingerprint density at radius 3 is 2.48 bits per heavy atom. The van der Waals surface area contributed by atoms with Gasteiger partial charge in [-0.1, -0.05) is 30.3 Å². The number of nitrogens with zero attached hydrogens (tertiary/aromatic N) is 2. The quantitative estimate of drug-likeness (QED) is 0.608. The zero-order valence-electron chi connectivity index (χ0n) is 19.8. The SMILES string of the molecule is CC1(C)CCc2cc(C3CC3)cc(CN3CCC4(CC3)CN(c3ccccc3)C(=O)O4)c2O1. The summed E-state index contributed by atoms with van der Waals surface area (Å²) in [5.41, 5.74) is 4.69. The molecule has 0 N–H and O–H groups in total. The fourth-order valence-corrected chi connectivity index (χ4v) is 5.68. The molecule has 33 heavy (non-hydrogen) atoms. The van der Waals surface area contributed by atoms with Gasteiger partial charge in [-0.15, -0.1) is 0 Å². The molecule has 2 aromatic carbocycles. The Hall–Kier alpha value is -2.53. The number of likely N-dealkylation sites (tertiary alicyclic amines) is 1. The number of para-hydroxylation sites is 1. The summed E-state index contributed by atoms with van der Waals surface area (Å²) in [7, 11) is 0. The molecule has 1 amide bonds. The fraction of sp³-hybridized carbons (Fsp3) is 0.536. The Bertz CT molecular complexity index is 1050. The van der Waals surface area contributed by atoms with E-state index in [0.717, 1.165) is 62.7 Å². The second-order valence-corrected chi connectivity index (χ2v) is 11.1. The largest absolute Gasteiger partial charge is 0.487 e. The molecule has 2 saturated heterocycles. The second kappa shape index (κ2) is 7.76. The van der Waals surface area contributed by atoms with Crippen molar-refractivity contribution in [1.82, 2.24) is 4.90 Å². The predicted molar refractivity (Wildman–Crippen MR) is 129 cm³/mol. The first-order valence-electron chi connectivity index (χ1n) is 12.5. The van der Waals surface area contributed by atoms with Crippen LogP contribution in [0.25, 0.3) is 0 Å². The molecule has 4 aliphatic rings. The van der Waals surface area contributed by atoms with Crippen LogP contribution in [-0.4, -0.2) is 41.8 Å². The van der Waals surface area contributed by atoms with Gasteiger partial charge in [-0.3, -0.25) is 9.80 Å². The molecule has 6 rings (SSSR count). The number of rotatable bonds is 4. The molecule has 174 valence electrons. The Balaban J connectivity index is 1.17. The maximum absolute atomic E-state index is 12.6. The summed E-state index contributed by atoms with van der Waals surface area (Å²) in [5.74, 6) is 1.87. The summed E-state index contributed by atoms with van der Waals surface area (Å²) in [6.45, 7) is 7.82. The zero-order chi connectivity index (χ0) is 22.6. The van der Waals surface area contributed by atoms with Gasteiger partial charge >= 0.3 is 6.09 Å². The van der Waals surface area contributed by atoms with Crippen LogP contribution in [-0.2, 0) is 17.7 Å². The molecule has 0 bridgehead atoms. The third-order valence-electron chi connectivity index (χ3n) is 7.89. The lowest BCUT2D eigenvalue weighted by Crippen LogP contribution is -2.46. The zero-order valence-corrected chi connectivity index (χ0v) is 19.8. The Morgan fingerprint density at radius 2 is 1.76 bits per heavy atom. The lowest BCUT2D eigenvalue weighted by Gasteiger charge is -2.39. The van der Waals surface area contributed by atoms with E-state index in [1.165, 1.54) is 29.5 Å². The summed E-state index contributed by atoms with van der Waals surface area (Å²) in [4.78, 5) is 16.9. The summed E-state index contributed by atoms with van der Waals surface area (Å²) in [6.07, 6.45) is 6.35. The molecule has 3 fully saturated rings. The first-order chi connectivity index (χ1) is 15.9. The van der Waals surface area contributed by atoms with Gasteiger partial charge in [0.05, 0.1) is 6.54 Å². The molecule has 0 atom stereocenters. The first kappa shape index (κ1) is 21.0. The first-order valence-corrected chi connectivity index (χ1v) is 12.5. The predicted octanol–water partition coefficient (Wildman–Crippen LogP) is 5.66. The lowest BCUT2D eigenvalue weighted by molar-refractivity contribution is -0.00147. The van der Waals surface area contributed by atoms with Crippen LogP contribution in [0, 0.1) is 0 Å². The topological polar surface area (TPSA) is 42.0 Å². The average molecular weight is 447 g/mol. The standard InChI is InChI=1S/C28H34N2O3/c1-27(2)11-10-21-16-22(20-8-9-20)17-23(25(21)32-27)18-29-14-12-28(13-15-29)19-30(26(31)33-28)24-6-4-3-5-7-24/h3-7,16-17,20H,8-15,18-19H2,1-2H3. The number of benzene rings is 2. The van der Waals surface area contributed by atoms with Crippen molar-refractivity contribution in [3.8, 4) is 5.75 Å². The van der Waals surface area contributed by atoms with E-state index in [1.54, 1.807) is 4.90 Å². The van der Waals surface area contributed by atoms with Gasteiger partial charge in [0.2, 0.25) is 0 Å². The molecule has 2 aromatic rings. The van der Waals surface area contributed by atoms with Crippen LogP contribution in [0.1, 0.15) is 68.6 Å². The van der Waals surface area contributed by atoms with Gasteiger partial charge in [0, 0.05) is 43.7 Å². The second-order valence-electron chi connectivity index (χ2n) is 11.1.